The zero-order valence-electron chi connectivity index (χ0n) is 16.9. The number of fused-ring (bicyclic) bond motifs is 1. The summed E-state index contributed by atoms with van der Waals surface area (Å²) < 4.78 is 0.937. The summed E-state index contributed by atoms with van der Waals surface area (Å²) >= 11 is 1.38. The van der Waals surface area contributed by atoms with E-state index < -0.39 is 5.91 Å². The maximum absolute atomic E-state index is 12.2. The molecule has 1 aliphatic carbocycles. The minimum atomic E-state index is -0.421. The summed E-state index contributed by atoms with van der Waals surface area (Å²) in [6.45, 7) is 4.52. The molecule has 2 aromatic rings. The van der Waals surface area contributed by atoms with Gasteiger partial charge in [0.15, 0.2) is 0 Å². The van der Waals surface area contributed by atoms with Crippen molar-refractivity contribution in [3.8, 4) is 0 Å². The van der Waals surface area contributed by atoms with Crippen LogP contribution in [0.1, 0.15) is 60.4 Å². The molecule has 2 aliphatic rings. The Hall–Kier alpha value is -2.22. The first-order valence-electron chi connectivity index (χ1n) is 10.6. The molecule has 8 heteroatoms. The third-order valence-corrected chi connectivity index (χ3v) is 7.34. The van der Waals surface area contributed by atoms with E-state index in [0.29, 0.717) is 16.6 Å². The van der Waals surface area contributed by atoms with Gasteiger partial charge in [0, 0.05) is 25.6 Å². The van der Waals surface area contributed by atoms with Crippen molar-refractivity contribution in [2.24, 2.45) is 17.6 Å². The van der Waals surface area contributed by atoms with E-state index in [1.807, 2.05) is 6.92 Å². The molecule has 3 heterocycles. The third kappa shape index (κ3) is 4.52. The Labute approximate surface area is 175 Å². The zero-order valence-corrected chi connectivity index (χ0v) is 17.8. The molecule has 4 rings (SSSR count). The van der Waals surface area contributed by atoms with E-state index in [1.165, 1.54) is 24.2 Å². The van der Waals surface area contributed by atoms with Crippen LogP contribution in [0.2, 0.25) is 0 Å². The molecular formula is C21H29N5O2S. The number of amides is 2. The van der Waals surface area contributed by atoms with E-state index in [0.717, 1.165) is 67.8 Å². The van der Waals surface area contributed by atoms with Crippen LogP contribution in [0, 0.1) is 18.8 Å². The monoisotopic (exact) mass is 415 g/mol. The van der Waals surface area contributed by atoms with E-state index in [9.17, 15) is 9.59 Å². The number of hydrogen-bond acceptors (Lipinski definition) is 6. The van der Waals surface area contributed by atoms with Crippen molar-refractivity contribution in [1.82, 2.24) is 15.3 Å². The number of rotatable bonds is 6. The Balaban J connectivity index is 1.33. The lowest BCUT2D eigenvalue weighted by molar-refractivity contribution is -0.124. The van der Waals surface area contributed by atoms with Gasteiger partial charge < -0.3 is 16.0 Å². The van der Waals surface area contributed by atoms with E-state index in [1.54, 1.807) is 6.07 Å². The van der Waals surface area contributed by atoms with E-state index >= 15 is 0 Å². The van der Waals surface area contributed by atoms with Gasteiger partial charge in [-0.1, -0.05) is 12.8 Å². The van der Waals surface area contributed by atoms with Gasteiger partial charge in [-0.05, 0) is 51.0 Å². The van der Waals surface area contributed by atoms with Crippen molar-refractivity contribution < 1.29 is 9.59 Å². The number of aryl methyl sites for hydroxylation is 1. The van der Waals surface area contributed by atoms with Crippen LogP contribution >= 0.6 is 11.3 Å². The largest absolute Gasteiger partial charge is 0.365 e. The fraction of sp³-hybridized carbons (Fsp3) is 0.619. The summed E-state index contributed by atoms with van der Waals surface area (Å²) in [5, 5.41) is 3.14. The Morgan fingerprint density at radius 3 is 2.62 bits per heavy atom. The van der Waals surface area contributed by atoms with Gasteiger partial charge >= 0.3 is 0 Å². The van der Waals surface area contributed by atoms with Crippen LogP contribution in [0.4, 0.5) is 5.82 Å². The average Bonchev–Trinajstić information content (AvgIpc) is 3.38. The number of anilines is 1. The van der Waals surface area contributed by atoms with Gasteiger partial charge in [0.1, 0.15) is 11.6 Å². The van der Waals surface area contributed by atoms with Crippen LogP contribution < -0.4 is 16.0 Å². The molecule has 1 saturated carbocycles. The Bertz CT molecular complexity index is 898. The molecule has 3 N–H and O–H groups in total. The van der Waals surface area contributed by atoms with E-state index in [-0.39, 0.29) is 11.8 Å². The van der Waals surface area contributed by atoms with E-state index in [4.69, 9.17) is 5.73 Å². The number of nitrogens with zero attached hydrogens (tertiary/aromatic N) is 3. The highest BCUT2D eigenvalue weighted by atomic mass is 32.1. The minimum absolute atomic E-state index is 0.247. The molecule has 1 saturated heterocycles. The zero-order chi connectivity index (χ0) is 20.4. The average molecular weight is 416 g/mol. The summed E-state index contributed by atoms with van der Waals surface area (Å²) in [5.41, 5.74) is 6.24. The van der Waals surface area contributed by atoms with Gasteiger partial charge in [-0.2, -0.15) is 0 Å². The van der Waals surface area contributed by atoms with Crippen molar-refractivity contribution >= 4 is 39.2 Å². The molecule has 0 atom stereocenters. The quantitative estimate of drug-likeness (QED) is 0.755. The van der Waals surface area contributed by atoms with Crippen LogP contribution in [0.3, 0.4) is 0 Å². The van der Waals surface area contributed by atoms with Crippen LogP contribution in [-0.2, 0) is 4.79 Å². The Kier molecular flexibility index (Phi) is 5.99. The number of thiophene rings is 1. The predicted octanol–water partition coefficient (Wildman–Crippen LogP) is 3.01. The molecule has 2 fully saturated rings. The number of carbonyl (C=O) groups is 2. The Morgan fingerprint density at radius 2 is 1.93 bits per heavy atom. The molecule has 2 aromatic heterocycles. The molecule has 156 valence electrons. The number of hydrogen-bond donors (Lipinski definition) is 2. The molecule has 0 aromatic carbocycles. The van der Waals surface area contributed by atoms with Gasteiger partial charge in [0.2, 0.25) is 5.91 Å². The van der Waals surface area contributed by atoms with Crippen LogP contribution in [0.15, 0.2) is 6.07 Å². The summed E-state index contributed by atoms with van der Waals surface area (Å²) in [4.78, 5) is 35.7. The van der Waals surface area contributed by atoms with Crippen LogP contribution in [0.25, 0.3) is 10.2 Å². The first kappa shape index (κ1) is 20.1. The minimum Gasteiger partial charge on any atom is -0.365 e. The summed E-state index contributed by atoms with van der Waals surface area (Å²) in [5.74, 6) is 2.32. The number of aromatic nitrogens is 2. The molecule has 0 radical (unpaired) electrons. The first-order chi connectivity index (χ1) is 14.0. The second kappa shape index (κ2) is 8.65. The van der Waals surface area contributed by atoms with Crippen molar-refractivity contribution in [1.29, 1.82) is 0 Å². The Morgan fingerprint density at radius 1 is 1.21 bits per heavy atom. The normalized spacial score (nSPS) is 18.4. The van der Waals surface area contributed by atoms with Gasteiger partial charge in [0.25, 0.3) is 5.91 Å². The van der Waals surface area contributed by atoms with Crippen LogP contribution in [0.5, 0.6) is 0 Å². The van der Waals surface area contributed by atoms with Gasteiger partial charge in [-0.25, -0.2) is 9.97 Å². The van der Waals surface area contributed by atoms with Crippen LogP contribution in [-0.4, -0.2) is 41.4 Å². The third-order valence-electron chi connectivity index (χ3n) is 6.20. The maximum Gasteiger partial charge on any atom is 0.258 e. The predicted molar refractivity (Wildman–Crippen MR) is 115 cm³/mol. The topological polar surface area (TPSA) is 101 Å². The molecule has 7 nitrogen and oxygen atoms in total. The number of carbonyl (C=O) groups excluding carboxylic acids is 2. The summed E-state index contributed by atoms with van der Waals surface area (Å²) in [6.07, 6.45) is 7.69. The van der Waals surface area contributed by atoms with Crippen molar-refractivity contribution in [3.05, 3.63) is 16.8 Å². The van der Waals surface area contributed by atoms with Crippen molar-refractivity contribution in [2.75, 3.05) is 24.5 Å². The smallest absolute Gasteiger partial charge is 0.258 e. The molecule has 0 bridgehead atoms. The second-order valence-electron chi connectivity index (χ2n) is 8.28. The van der Waals surface area contributed by atoms with Gasteiger partial charge in [-0.3, -0.25) is 9.59 Å². The summed E-state index contributed by atoms with van der Waals surface area (Å²) in [7, 11) is 0. The first-order valence-corrected chi connectivity index (χ1v) is 11.4. The molecular weight excluding hydrogens is 386 g/mol. The number of primary amides is 1. The molecule has 0 spiro atoms. The highest BCUT2D eigenvalue weighted by molar-refractivity contribution is 7.21. The fourth-order valence-corrected chi connectivity index (χ4v) is 5.50. The number of nitrogens with two attached hydrogens (primary N) is 1. The number of nitrogens with one attached hydrogen (secondary N) is 1. The lowest BCUT2D eigenvalue weighted by Gasteiger charge is -2.33. The number of piperidine rings is 1. The van der Waals surface area contributed by atoms with Crippen molar-refractivity contribution in [3.63, 3.8) is 0 Å². The molecule has 29 heavy (non-hydrogen) atoms. The van der Waals surface area contributed by atoms with E-state index in [2.05, 4.69) is 20.2 Å². The fourth-order valence-electron chi connectivity index (χ4n) is 4.53. The highest BCUT2D eigenvalue weighted by Crippen LogP contribution is 2.34. The second-order valence-corrected chi connectivity index (χ2v) is 9.33. The molecule has 0 unspecified atom stereocenters. The highest BCUT2D eigenvalue weighted by Gasteiger charge is 2.25. The molecule has 2 amide bonds. The molecule has 1 aliphatic heterocycles. The maximum atomic E-state index is 12.2. The SMILES string of the molecule is Cc1nc(N2CCC(CCNC(=O)C3CCCC3)CC2)c2sc(C(N)=O)cc2n1. The van der Waals surface area contributed by atoms with Gasteiger partial charge in [0.05, 0.1) is 15.1 Å². The summed E-state index contributed by atoms with van der Waals surface area (Å²) in [6, 6.07) is 1.76. The lowest BCUT2D eigenvalue weighted by atomic mass is 9.93. The standard InChI is InChI=1S/C21H29N5O2S/c1-13-24-16-12-17(19(22)27)29-18(16)20(25-13)26-10-7-14(8-11-26)6-9-23-21(28)15-4-2-3-5-15/h12,14-15H,2-11H2,1H3,(H2,22,27)(H,23,28). The lowest BCUT2D eigenvalue weighted by Crippen LogP contribution is -2.36. The van der Waals surface area contributed by atoms with Gasteiger partial charge in [-0.15, -0.1) is 11.3 Å². The van der Waals surface area contributed by atoms with Crippen molar-refractivity contribution in [2.45, 2.75) is 51.9 Å².